The molecule has 0 aromatic heterocycles. The van der Waals surface area contributed by atoms with Crippen molar-refractivity contribution in [1.82, 2.24) is 0 Å². The molecule has 0 aromatic rings. The largest absolute Gasteiger partial charge is 0.416 e. The first-order chi connectivity index (χ1) is 4.52. The van der Waals surface area contributed by atoms with E-state index < -0.39 is 11.7 Å². The van der Waals surface area contributed by atoms with E-state index in [1.165, 1.54) is 13.0 Å². The van der Waals surface area contributed by atoms with Crippen LogP contribution in [0.3, 0.4) is 0 Å². The predicted molar refractivity (Wildman–Crippen MR) is 34.6 cm³/mol. The van der Waals surface area contributed by atoms with Gasteiger partial charge in [0, 0.05) is 0 Å². The molecule has 0 unspecified atom stereocenters. The van der Waals surface area contributed by atoms with Gasteiger partial charge in [0.1, 0.15) is 0 Å². The standard InChI is InChI=1S/C7H9F3/c1-3-5-6(4-2)7(8,9)10/h3-5H,1-2H3/b5-3-,6-4+. The lowest BCUT2D eigenvalue weighted by Gasteiger charge is -2.05. The van der Waals surface area contributed by atoms with Gasteiger partial charge in [-0.15, -0.1) is 0 Å². The molecule has 0 aliphatic heterocycles. The highest BCUT2D eigenvalue weighted by Gasteiger charge is 2.30. The number of hydrogen-bond donors (Lipinski definition) is 0. The van der Waals surface area contributed by atoms with Crippen LogP contribution in [0.4, 0.5) is 13.2 Å². The Bertz CT molecular complexity index is 151. The molecule has 0 saturated carbocycles. The van der Waals surface area contributed by atoms with Crippen LogP contribution in [0.1, 0.15) is 13.8 Å². The number of rotatable bonds is 1. The van der Waals surface area contributed by atoms with E-state index in [4.69, 9.17) is 0 Å². The maximum Gasteiger partial charge on any atom is 0.416 e. The molecule has 0 aromatic carbocycles. The molecule has 0 heterocycles. The molecule has 0 radical (unpaired) electrons. The molecule has 3 heteroatoms. The monoisotopic (exact) mass is 150 g/mol. The van der Waals surface area contributed by atoms with E-state index in [1.54, 1.807) is 6.92 Å². The zero-order valence-corrected chi connectivity index (χ0v) is 5.87. The second kappa shape index (κ2) is 3.44. The molecule has 0 fully saturated rings. The fourth-order valence-corrected chi connectivity index (χ4v) is 0.534. The second-order valence-electron chi connectivity index (χ2n) is 1.74. The fourth-order valence-electron chi connectivity index (χ4n) is 0.534. The first kappa shape index (κ1) is 9.27. The maximum absolute atomic E-state index is 11.8. The highest BCUT2D eigenvalue weighted by atomic mass is 19.4. The quantitative estimate of drug-likeness (QED) is 0.504. The molecular formula is C7H9F3. The summed E-state index contributed by atoms with van der Waals surface area (Å²) in [5, 5.41) is 0. The average Bonchev–Trinajstić information content (AvgIpc) is 1.80. The first-order valence-corrected chi connectivity index (χ1v) is 2.88. The smallest absolute Gasteiger partial charge is 0.166 e. The predicted octanol–water partition coefficient (Wildman–Crippen LogP) is 3.07. The minimum Gasteiger partial charge on any atom is -0.166 e. The maximum atomic E-state index is 11.8. The van der Waals surface area contributed by atoms with Gasteiger partial charge in [0.05, 0.1) is 5.57 Å². The summed E-state index contributed by atoms with van der Waals surface area (Å²) in [6.07, 6.45) is -0.760. The van der Waals surface area contributed by atoms with E-state index in [1.807, 2.05) is 0 Å². The Kier molecular flexibility index (Phi) is 3.19. The Morgan fingerprint density at radius 2 is 1.70 bits per heavy atom. The summed E-state index contributed by atoms with van der Waals surface area (Å²) in [5.41, 5.74) is -0.602. The van der Waals surface area contributed by atoms with Crippen molar-refractivity contribution in [3.05, 3.63) is 23.8 Å². The van der Waals surface area contributed by atoms with Crippen molar-refractivity contribution >= 4 is 0 Å². The van der Waals surface area contributed by atoms with Gasteiger partial charge in [0.2, 0.25) is 0 Å². The molecule has 0 spiro atoms. The zero-order chi connectivity index (χ0) is 8.20. The van der Waals surface area contributed by atoms with Gasteiger partial charge in [-0.2, -0.15) is 13.2 Å². The summed E-state index contributed by atoms with van der Waals surface area (Å²) >= 11 is 0. The van der Waals surface area contributed by atoms with Crippen LogP contribution in [0.15, 0.2) is 23.8 Å². The summed E-state index contributed by atoms with van der Waals surface area (Å²) in [6.45, 7) is 2.91. The van der Waals surface area contributed by atoms with Gasteiger partial charge in [0.25, 0.3) is 0 Å². The van der Waals surface area contributed by atoms with Crippen LogP contribution in [0.25, 0.3) is 0 Å². The molecule has 0 bridgehead atoms. The lowest BCUT2D eigenvalue weighted by Crippen LogP contribution is -2.09. The van der Waals surface area contributed by atoms with E-state index in [9.17, 15) is 13.2 Å². The number of alkyl halides is 3. The van der Waals surface area contributed by atoms with Crippen molar-refractivity contribution in [2.24, 2.45) is 0 Å². The Labute approximate surface area is 58.0 Å². The van der Waals surface area contributed by atoms with Crippen molar-refractivity contribution in [3.63, 3.8) is 0 Å². The molecule has 0 N–H and O–H groups in total. The van der Waals surface area contributed by atoms with Gasteiger partial charge in [0.15, 0.2) is 0 Å². The number of halogens is 3. The summed E-state index contributed by atoms with van der Waals surface area (Å²) < 4.78 is 35.4. The van der Waals surface area contributed by atoms with Gasteiger partial charge in [-0.25, -0.2) is 0 Å². The van der Waals surface area contributed by atoms with Crippen molar-refractivity contribution < 1.29 is 13.2 Å². The lowest BCUT2D eigenvalue weighted by atomic mass is 10.2. The molecule has 0 aliphatic carbocycles. The topological polar surface area (TPSA) is 0 Å². The SMILES string of the molecule is C/C=C\C(=C/C)C(F)(F)F. The summed E-state index contributed by atoms with van der Waals surface area (Å²) in [4.78, 5) is 0. The molecular weight excluding hydrogens is 141 g/mol. The van der Waals surface area contributed by atoms with Gasteiger partial charge in [-0.05, 0) is 13.8 Å². The average molecular weight is 150 g/mol. The van der Waals surface area contributed by atoms with Crippen molar-refractivity contribution in [2.45, 2.75) is 20.0 Å². The Morgan fingerprint density at radius 1 is 1.20 bits per heavy atom. The van der Waals surface area contributed by atoms with E-state index >= 15 is 0 Å². The minimum absolute atomic E-state index is 0.602. The third-order valence-electron chi connectivity index (χ3n) is 0.985. The van der Waals surface area contributed by atoms with Gasteiger partial charge in [-0.3, -0.25) is 0 Å². The minimum atomic E-state index is -4.21. The first-order valence-electron chi connectivity index (χ1n) is 2.88. The summed E-state index contributed by atoms with van der Waals surface area (Å²) in [6, 6.07) is 0. The lowest BCUT2D eigenvalue weighted by molar-refractivity contribution is -0.0883. The van der Waals surface area contributed by atoms with Crippen LogP contribution >= 0.6 is 0 Å². The third-order valence-corrected chi connectivity index (χ3v) is 0.985. The molecule has 0 saturated heterocycles. The Morgan fingerprint density at radius 3 is 1.80 bits per heavy atom. The van der Waals surface area contributed by atoms with Gasteiger partial charge in [-0.1, -0.05) is 18.2 Å². The fraction of sp³-hybridized carbons (Fsp3) is 0.429. The summed E-state index contributed by atoms with van der Waals surface area (Å²) in [5.74, 6) is 0. The highest BCUT2D eigenvalue weighted by molar-refractivity contribution is 5.22. The molecule has 0 nitrogen and oxygen atoms in total. The molecule has 0 rings (SSSR count). The third kappa shape index (κ3) is 2.71. The van der Waals surface area contributed by atoms with Crippen molar-refractivity contribution in [2.75, 3.05) is 0 Å². The van der Waals surface area contributed by atoms with Gasteiger partial charge >= 0.3 is 6.18 Å². The molecule has 0 atom stereocenters. The van der Waals surface area contributed by atoms with Crippen molar-refractivity contribution in [3.8, 4) is 0 Å². The van der Waals surface area contributed by atoms with Crippen LogP contribution in [-0.4, -0.2) is 6.18 Å². The summed E-state index contributed by atoms with van der Waals surface area (Å²) in [7, 11) is 0. The Hall–Kier alpha value is -0.730. The zero-order valence-electron chi connectivity index (χ0n) is 5.87. The molecule has 58 valence electrons. The number of allylic oxidation sites excluding steroid dienone is 4. The van der Waals surface area contributed by atoms with Crippen LogP contribution < -0.4 is 0 Å². The molecule has 0 amide bonds. The Balaban J connectivity index is 4.39. The van der Waals surface area contributed by atoms with Crippen LogP contribution in [0.2, 0.25) is 0 Å². The van der Waals surface area contributed by atoms with E-state index in [2.05, 4.69) is 0 Å². The number of hydrogen-bond acceptors (Lipinski definition) is 0. The molecule has 10 heavy (non-hydrogen) atoms. The molecule has 0 aliphatic rings. The van der Waals surface area contributed by atoms with E-state index in [0.717, 1.165) is 12.2 Å². The normalized spacial score (nSPS) is 14.7. The highest BCUT2D eigenvalue weighted by Crippen LogP contribution is 2.25. The van der Waals surface area contributed by atoms with Crippen LogP contribution in [0, 0.1) is 0 Å². The second-order valence-corrected chi connectivity index (χ2v) is 1.74. The van der Waals surface area contributed by atoms with Gasteiger partial charge < -0.3 is 0 Å². The van der Waals surface area contributed by atoms with Crippen molar-refractivity contribution in [1.29, 1.82) is 0 Å². The van der Waals surface area contributed by atoms with E-state index in [-0.39, 0.29) is 0 Å². The van der Waals surface area contributed by atoms with E-state index in [0.29, 0.717) is 0 Å². The van der Waals surface area contributed by atoms with Crippen LogP contribution in [-0.2, 0) is 0 Å². The van der Waals surface area contributed by atoms with Crippen LogP contribution in [0.5, 0.6) is 0 Å².